The van der Waals surface area contributed by atoms with Gasteiger partial charge in [0, 0.05) is 33.4 Å². The van der Waals surface area contributed by atoms with E-state index >= 15 is 0 Å². The summed E-state index contributed by atoms with van der Waals surface area (Å²) in [4.78, 5) is 6.34. The fourth-order valence-corrected chi connectivity index (χ4v) is 2.56. The quantitative estimate of drug-likeness (QED) is 0.401. The van der Waals surface area contributed by atoms with Crippen molar-refractivity contribution in [1.29, 1.82) is 0 Å². The maximum absolute atomic E-state index is 6.06. The monoisotopic (exact) mass is 481 g/mol. The minimum absolute atomic E-state index is 0. The molecule has 1 heterocycles. The molecule has 0 saturated carbocycles. The first-order chi connectivity index (χ1) is 11.0. The molecule has 132 valence electrons. The normalized spacial score (nSPS) is 11.1. The zero-order valence-electron chi connectivity index (χ0n) is 14.0. The first-order valence-electron chi connectivity index (χ1n) is 7.34. The van der Waals surface area contributed by atoms with Crippen LogP contribution in [0.2, 0.25) is 10.0 Å². The second-order valence-corrected chi connectivity index (χ2v) is 6.17. The Bertz CT molecular complexity index is 687. The van der Waals surface area contributed by atoms with Crippen LogP contribution in [-0.4, -0.2) is 41.3 Å². The van der Waals surface area contributed by atoms with E-state index in [1.165, 1.54) is 0 Å². The average Bonchev–Trinajstić information content (AvgIpc) is 2.93. The number of rotatable bonds is 5. The molecule has 2 aromatic rings. The maximum atomic E-state index is 6.06. The fraction of sp³-hybridized carbons (Fsp3) is 0.375. The van der Waals surface area contributed by atoms with Gasteiger partial charge in [-0.25, -0.2) is 0 Å². The van der Waals surface area contributed by atoms with Gasteiger partial charge in [0.2, 0.25) is 0 Å². The minimum atomic E-state index is 0. The summed E-state index contributed by atoms with van der Waals surface area (Å²) in [6.45, 7) is 4.26. The fourth-order valence-electron chi connectivity index (χ4n) is 2.24. The van der Waals surface area contributed by atoms with Crippen molar-refractivity contribution in [2.45, 2.75) is 20.0 Å². The standard InChI is InChI=1S/C16H21Cl2N5.HI/c1-12-9-21-23(10-12)7-6-20-16(19-2)22(3)11-13-4-5-14(17)15(18)8-13;/h4-5,8-10H,6-7,11H2,1-3H3,(H,19,20);1H. The largest absolute Gasteiger partial charge is 0.354 e. The second kappa shape index (κ2) is 10.1. The molecule has 0 radical (unpaired) electrons. The highest BCUT2D eigenvalue weighted by Gasteiger charge is 2.08. The van der Waals surface area contributed by atoms with Gasteiger partial charge in [-0.05, 0) is 30.2 Å². The van der Waals surface area contributed by atoms with Gasteiger partial charge in [-0.15, -0.1) is 24.0 Å². The summed E-state index contributed by atoms with van der Waals surface area (Å²) in [5.41, 5.74) is 2.23. The van der Waals surface area contributed by atoms with Crippen LogP contribution < -0.4 is 5.32 Å². The molecule has 5 nitrogen and oxygen atoms in total. The zero-order valence-corrected chi connectivity index (χ0v) is 17.8. The smallest absolute Gasteiger partial charge is 0.193 e. The number of guanidine groups is 1. The van der Waals surface area contributed by atoms with Crippen LogP contribution in [0.4, 0.5) is 0 Å². The third-order valence-electron chi connectivity index (χ3n) is 3.36. The van der Waals surface area contributed by atoms with E-state index < -0.39 is 0 Å². The highest BCUT2D eigenvalue weighted by molar-refractivity contribution is 14.0. The van der Waals surface area contributed by atoms with Gasteiger partial charge >= 0.3 is 0 Å². The van der Waals surface area contributed by atoms with Crippen LogP contribution in [0.3, 0.4) is 0 Å². The molecule has 1 N–H and O–H groups in total. The van der Waals surface area contributed by atoms with Crippen LogP contribution in [0.5, 0.6) is 0 Å². The van der Waals surface area contributed by atoms with Gasteiger partial charge in [-0.1, -0.05) is 29.3 Å². The summed E-state index contributed by atoms with van der Waals surface area (Å²) in [7, 11) is 3.75. The lowest BCUT2D eigenvalue weighted by Crippen LogP contribution is -2.39. The molecular formula is C16H22Cl2IN5. The predicted octanol–water partition coefficient (Wildman–Crippen LogP) is 3.82. The molecule has 24 heavy (non-hydrogen) atoms. The molecule has 0 aliphatic carbocycles. The van der Waals surface area contributed by atoms with E-state index in [-0.39, 0.29) is 24.0 Å². The Morgan fingerprint density at radius 3 is 2.67 bits per heavy atom. The van der Waals surface area contributed by atoms with Crippen molar-refractivity contribution in [3.8, 4) is 0 Å². The highest BCUT2D eigenvalue weighted by Crippen LogP contribution is 2.23. The van der Waals surface area contributed by atoms with Crippen molar-refractivity contribution in [2.24, 2.45) is 4.99 Å². The van der Waals surface area contributed by atoms with Gasteiger partial charge in [0.1, 0.15) is 0 Å². The van der Waals surface area contributed by atoms with Crippen molar-refractivity contribution < 1.29 is 0 Å². The number of aliphatic imine (C=N–C) groups is 1. The first-order valence-corrected chi connectivity index (χ1v) is 8.10. The Kier molecular flexibility index (Phi) is 8.86. The number of halogens is 3. The van der Waals surface area contributed by atoms with Gasteiger partial charge in [0.05, 0.1) is 22.8 Å². The maximum Gasteiger partial charge on any atom is 0.193 e. The zero-order chi connectivity index (χ0) is 16.8. The highest BCUT2D eigenvalue weighted by atomic mass is 127. The number of nitrogens with zero attached hydrogens (tertiary/aromatic N) is 4. The number of nitrogens with one attached hydrogen (secondary N) is 1. The average molecular weight is 482 g/mol. The van der Waals surface area contributed by atoms with E-state index in [0.717, 1.165) is 30.2 Å². The summed E-state index contributed by atoms with van der Waals surface area (Å²) in [6, 6.07) is 5.65. The Morgan fingerprint density at radius 1 is 1.33 bits per heavy atom. The van der Waals surface area contributed by atoms with E-state index in [4.69, 9.17) is 23.2 Å². The van der Waals surface area contributed by atoms with E-state index in [9.17, 15) is 0 Å². The number of aryl methyl sites for hydroxylation is 1. The number of aromatic nitrogens is 2. The molecule has 0 saturated heterocycles. The molecule has 0 unspecified atom stereocenters. The number of benzene rings is 1. The molecule has 2 rings (SSSR count). The lowest BCUT2D eigenvalue weighted by atomic mass is 10.2. The van der Waals surface area contributed by atoms with E-state index in [1.54, 1.807) is 7.05 Å². The molecule has 1 aromatic carbocycles. The van der Waals surface area contributed by atoms with Gasteiger partial charge in [0.25, 0.3) is 0 Å². The molecule has 0 amide bonds. The van der Waals surface area contributed by atoms with E-state index in [0.29, 0.717) is 16.6 Å². The topological polar surface area (TPSA) is 45.5 Å². The molecule has 0 spiro atoms. The Labute approximate surface area is 170 Å². The third kappa shape index (κ3) is 6.14. The Hall–Kier alpha value is -0.990. The number of hydrogen-bond donors (Lipinski definition) is 1. The van der Waals surface area contributed by atoms with Gasteiger partial charge in [-0.3, -0.25) is 9.67 Å². The van der Waals surface area contributed by atoms with Crippen molar-refractivity contribution in [3.05, 3.63) is 51.8 Å². The molecule has 0 atom stereocenters. The van der Waals surface area contributed by atoms with Crippen LogP contribution in [-0.2, 0) is 13.1 Å². The summed E-state index contributed by atoms with van der Waals surface area (Å²) < 4.78 is 1.91. The van der Waals surface area contributed by atoms with Crippen molar-refractivity contribution in [2.75, 3.05) is 20.6 Å². The molecule has 0 fully saturated rings. The summed E-state index contributed by atoms with van der Waals surface area (Å²) in [6.07, 6.45) is 3.87. The Balaban J connectivity index is 0.00000288. The molecule has 0 aliphatic rings. The van der Waals surface area contributed by atoms with Crippen molar-refractivity contribution in [3.63, 3.8) is 0 Å². The van der Waals surface area contributed by atoms with Crippen molar-refractivity contribution >= 4 is 53.1 Å². The molecular weight excluding hydrogens is 460 g/mol. The van der Waals surface area contributed by atoms with Crippen LogP contribution in [0, 0.1) is 6.92 Å². The van der Waals surface area contributed by atoms with Gasteiger partial charge < -0.3 is 10.2 Å². The number of hydrogen-bond acceptors (Lipinski definition) is 2. The van der Waals surface area contributed by atoms with E-state index in [2.05, 4.69) is 15.4 Å². The molecule has 1 aromatic heterocycles. The Morgan fingerprint density at radius 2 is 2.08 bits per heavy atom. The van der Waals surface area contributed by atoms with E-state index in [1.807, 2.05) is 54.1 Å². The lowest BCUT2D eigenvalue weighted by molar-refractivity contribution is 0.470. The van der Waals surface area contributed by atoms with Gasteiger partial charge in [0.15, 0.2) is 5.96 Å². The lowest BCUT2D eigenvalue weighted by Gasteiger charge is -2.22. The van der Waals surface area contributed by atoms with Gasteiger partial charge in [-0.2, -0.15) is 5.10 Å². The SMILES string of the molecule is CN=C(NCCn1cc(C)cn1)N(C)Cc1ccc(Cl)c(Cl)c1.I. The molecule has 8 heteroatoms. The summed E-state index contributed by atoms with van der Waals surface area (Å²) in [5.74, 6) is 0.819. The summed E-state index contributed by atoms with van der Waals surface area (Å²) in [5, 5.41) is 8.72. The predicted molar refractivity (Wildman–Crippen MR) is 112 cm³/mol. The molecule has 0 aliphatic heterocycles. The van der Waals surface area contributed by atoms with Crippen LogP contribution in [0.25, 0.3) is 0 Å². The summed E-state index contributed by atoms with van der Waals surface area (Å²) >= 11 is 12.0. The minimum Gasteiger partial charge on any atom is -0.354 e. The van der Waals surface area contributed by atoms with Crippen LogP contribution in [0.15, 0.2) is 35.6 Å². The second-order valence-electron chi connectivity index (χ2n) is 5.36. The first kappa shape index (κ1) is 21.1. The molecule has 0 bridgehead atoms. The van der Waals surface area contributed by atoms with Crippen LogP contribution in [0.1, 0.15) is 11.1 Å². The third-order valence-corrected chi connectivity index (χ3v) is 4.10. The van der Waals surface area contributed by atoms with Crippen molar-refractivity contribution in [1.82, 2.24) is 20.0 Å². The van der Waals surface area contributed by atoms with Crippen LogP contribution >= 0.6 is 47.2 Å².